The van der Waals surface area contributed by atoms with Gasteiger partial charge >= 0.3 is 0 Å². The van der Waals surface area contributed by atoms with Crippen LogP contribution >= 0.6 is 0 Å². The fourth-order valence-electron chi connectivity index (χ4n) is 6.23. The lowest BCUT2D eigenvalue weighted by Gasteiger charge is -2.40. The third-order valence-corrected chi connectivity index (χ3v) is 8.28. The predicted molar refractivity (Wildman–Crippen MR) is 176 cm³/mol. The number of hydrogen-bond donors (Lipinski definition) is 1. The monoisotopic (exact) mass is 614 g/mol. The van der Waals surface area contributed by atoms with Gasteiger partial charge in [-0.05, 0) is 61.0 Å². The number of aromatic nitrogens is 2. The topological polar surface area (TPSA) is 104 Å². The molecule has 4 aromatic carbocycles. The molecule has 0 fully saturated rings. The molecule has 0 unspecified atom stereocenters. The van der Waals surface area contributed by atoms with E-state index in [1.165, 1.54) is 0 Å². The summed E-state index contributed by atoms with van der Waals surface area (Å²) in [7, 11) is 4.84. The maximum atomic E-state index is 5.81. The van der Waals surface area contributed by atoms with Gasteiger partial charge in [-0.2, -0.15) is 5.10 Å². The van der Waals surface area contributed by atoms with Crippen LogP contribution in [0, 0.1) is 6.92 Å². The molecule has 11 heteroatoms. The molecule has 4 heterocycles. The second-order valence-corrected chi connectivity index (χ2v) is 10.9. The Hall–Kier alpha value is -5.97. The zero-order chi connectivity index (χ0) is 31.4. The number of ether oxygens (including phenoxy) is 5. The minimum Gasteiger partial charge on any atom is -0.493 e. The highest BCUT2D eigenvalue weighted by Gasteiger charge is 2.42. The molecule has 0 saturated heterocycles. The summed E-state index contributed by atoms with van der Waals surface area (Å²) < 4.78 is 30.4. The normalized spacial score (nSPS) is 15.7. The van der Waals surface area contributed by atoms with Crippen LogP contribution in [-0.4, -0.2) is 49.6 Å². The molecule has 0 bridgehead atoms. The van der Waals surface area contributed by atoms with Gasteiger partial charge in [-0.1, -0.05) is 30.3 Å². The molecule has 46 heavy (non-hydrogen) atoms. The highest BCUT2D eigenvalue weighted by molar-refractivity contribution is 6.51. The van der Waals surface area contributed by atoms with Crippen molar-refractivity contribution in [1.29, 1.82) is 0 Å². The van der Waals surface area contributed by atoms with Crippen molar-refractivity contribution in [3.05, 3.63) is 102 Å². The average molecular weight is 615 g/mol. The Balaban J connectivity index is 1.38. The molecule has 11 nitrogen and oxygen atoms in total. The van der Waals surface area contributed by atoms with Crippen LogP contribution in [0.1, 0.15) is 22.9 Å². The second kappa shape index (κ2) is 10.9. The van der Waals surface area contributed by atoms with E-state index >= 15 is 0 Å². The molecule has 0 amide bonds. The van der Waals surface area contributed by atoms with Gasteiger partial charge in [0.15, 0.2) is 40.5 Å². The van der Waals surface area contributed by atoms with Crippen LogP contribution in [0.4, 0.5) is 22.9 Å². The summed E-state index contributed by atoms with van der Waals surface area (Å²) in [5.41, 5.74) is 6.05. The van der Waals surface area contributed by atoms with E-state index in [9.17, 15) is 0 Å². The lowest BCUT2D eigenvalue weighted by Crippen LogP contribution is -2.46. The first-order chi connectivity index (χ1) is 22.6. The number of methoxy groups -OCH3 is 3. The summed E-state index contributed by atoms with van der Waals surface area (Å²) in [4.78, 5) is 12.6. The number of amidine groups is 2. The van der Waals surface area contributed by atoms with E-state index in [-0.39, 0.29) is 12.8 Å². The summed E-state index contributed by atoms with van der Waals surface area (Å²) in [5, 5.41) is 8.55. The lowest BCUT2D eigenvalue weighted by molar-refractivity contribution is 0.174. The molecule has 5 aromatic rings. The van der Waals surface area contributed by atoms with E-state index in [0.29, 0.717) is 46.2 Å². The van der Waals surface area contributed by atoms with E-state index in [1.54, 1.807) is 21.3 Å². The van der Waals surface area contributed by atoms with Crippen molar-refractivity contribution in [2.45, 2.75) is 13.0 Å². The quantitative estimate of drug-likeness (QED) is 0.225. The molecule has 8 rings (SSSR count). The molecular weight excluding hydrogens is 584 g/mol. The minimum atomic E-state index is -0.390. The van der Waals surface area contributed by atoms with Crippen LogP contribution in [-0.2, 0) is 0 Å². The van der Waals surface area contributed by atoms with Crippen molar-refractivity contribution in [2.24, 2.45) is 9.98 Å². The molecular formula is C35H30N6O5. The van der Waals surface area contributed by atoms with Crippen LogP contribution in [0.2, 0.25) is 0 Å². The van der Waals surface area contributed by atoms with Gasteiger partial charge in [0.25, 0.3) is 0 Å². The Morgan fingerprint density at radius 1 is 0.804 bits per heavy atom. The lowest BCUT2D eigenvalue weighted by atomic mass is 9.92. The number of benzene rings is 4. The highest BCUT2D eigenvalue weighted by Crippen LogP contribution is 2.51. The van der Waals surface area contributed by atoms with Crippen molar-refractivity contribution in [2.75, 3.05) is 38.3 Å². The van der Waals surface area contributed by atoms with Crippen molar-refractivity contribution in [1.82, 2.24) is 9.78 Å². The molecule has 1 N–H and O–H groups in total. The number of rotatable bonds is 6. The summed E-state index contributed by atoms with van der Waals surface area (Å²) in [6.45, 7) is 2.20. The third-order valence-electron chi connectivity index (χ3n) is 8.28. The first kappa shape index (κ1) is 27.6. The zero-order valence-corrected chi connectivity index (χ0v) is 25.6. The molecule has 1 atom stereocenters. The SMILES string of the molecule is COc1cc([C@H]2c3c(C)nn(-c4ccccc4)c3N=C3C(Nc4ccc5c(c4)OCO5)=Nc4ccccc4N32)cc(OC)c1OC. The van der Waals surface area contributed by atoms with E-state index in [4.69, 9.17) is 38.8 Å². The first-order valence-corrected chi connectivity index (χ1v) is 14.8. The van der Waals surface area contributed by atoms with Gasteiger partial charge in [0.1, 0.15) is 0 Å². The van der Waals surface area contributed by atoms with Crippen LogP contribution in [0.25, 0.3) is 5.69 Å². The fraction of sp³-hybridized carbons (Fsp3) is 0.171. The fourth-order valence-corrected chi connectivity index (χ4v) is 6.23. The molecule has 0 aliphatic carbocycles. The number of aryl methyl sites for hydroxylation is 1. The summed E-state index contributed by atoms with van der Waals surface area (Å²) in [5.74, 6) is 4.88. The van der Waals surface area contributed by atoms with Crippen LogP contribution in [0.5, 0.6) is 28.7 Å². The van der Waals surface area contributed by atoms with Crippen LogP contribution < -0.4 is 33.9 Å². The summed E-state index contributed by atoms with van der Waals surface area (Å²) in [6, 6.07) is 27.3. The first-order valence-electron chi connectivity index (χ1n) is 14.8. The van der Waals surface area contributed by atoms with Crippen LogP contribution in [0.15, 0.2) is 94.9 Å². The molecule has 0 saturated carbocycles. The van der Waals surface area contributed by atoms with E-state index in [1.807, 2.05) is 90.5 Å². The van der Waals surface area contributed by atoms with Crippen molar-refractivity contribution in [3.63, 3.8) is 0 Å². The Morgan fingerprint density at radius 2 is 1.54 bits per heavy atom. The molecule has 3 aliphatic rings. The number of hydrogen-bond acceptors (Lipinski definition) is 10. The van der Waals surface area contributed by atoms with E-state index in [0.717, 1.165) is 39.6 Å². The van der Waals surface area contributed by atoms with Crippen molar-refractivity contribution < 1.29 is 23.7 Å². The maximum Gasteiger partial charge on any atom is 0.231 e. The number of para-hydroxylation sites is 3. The molecule has 0 spiro atoms. The Bertz CT molecular complexity index is 2030. The summed E-state index contributed by atoms with van der Waals surface area (Å²) in [6.07, 6.45) is 0. The number of aliphatic imine (C=N–C) groups is 2. The maximum absolute atomic E-state index is 5.81. The predicted octanol–water partition coefficient (Wildman–Crippen LogP) is 6.73. The van der Waals surface area contributed by atoms with Gasteiger partial charge in [-0.25, -0.2) is 14.7 Å². The van der Waals surface area contributed by atoms with Crippen LogP contribution in [0.3, 0.4) is 0 Å². The van der Waals surface area contributed by atoms with Crippen molar-refractivity contribution >= 4 is 34.6 Å². The minimum absolute atomic E-state index is 0.190. The van der Waals surface area contributed by atoms with Gasteiger partial charge in [0.05, 0.1) is 50.1 Å². The number of nitrogens with zero attached hydrogens (tertiary/aromatic N) is 5. The van der Waals surface area contributed by atoms with Gasteiger partial charge in [0.2, 0.25) is 12.5 Å². The smallest absolute Gasteiger partial charge is 0.231 e. The number of fused-ring (bicyclic) bond motifs is 5. The highest BCUT2D eigenvalue weighted by atomic mass is 16.7. The molecule has 3 aliphatic heterocycles. The zero-order valence-electron chi connectivity index (χ0n) is 25.6. The van der Waals surface area contributed by atoms with E-state index < -0.39 is 0 Å². The van der Waals surface area contributed by atoms with Gasteiger partial charge < -0.3 is 33.9 Å². The second-order valence-electron chi connectivity index (χ2n) is 10.9. The summed E-state index contributed by atoms with van der Waals surface area (Å²) >= 11 is 0. The number of nitrogens with one attached hydrogen (secondary N) is 1. The van der Waals surface area contributed by atoms with Crippen molar-refractivity contribution in [3.8, 4) is 34.4 Å². The third kappa shape index (κ3) is 4.31. The molecule has 0 radical (unpaired) electrons. The number of anilines is 2. The largest absolute Gasteiger partial charge is 0.493 e. The Morgan fingerprint density at radius 3 is 2.30 bits per heavy atom. The van der Waals surface area contributed by atoms with Gasteiger partial charge in [0, 0.05) is 17.3 Å². The molecule has 230 valence electrons. The Labute approximate surface area is 265 Å². The van der Waals surface area contributed by atoms with Gasteiger partial charge in [-0.3, -0.25) is 0 Å². The van der Waals surface area contributed by atoms with Gasteiger partial charge in [-0.15, -0.1) is 0 Å². The van der Waals surface area contributed by atoms with E-state index in [2.05, 4.69) is 16.3 Å². The molecule has 1 aromatic heterocycles. The Kier molecular flexibility index (Phi) is 6.52. The standard InChI is InChI=1S/C35H30N6O5/c1-20-30-31(21-16-28(42-2)32(44-4)29(17-21)43-3)40-25-13-9-8-12-24(25)37-33(36-22-14-15-26-27(18-22)46-19-45-26)35(40)38-34(30)41(39-20)23-10-6-5-7-11-23/h5-18,31H,19H2,1-4H3,(H,36,37)/t31-/m0/s1. The average Bonchev–Trinajstić information content (AvgIpc) is 3.70.